The van der Waals surface area contributed by atoms with E-state index < -0.39 is 11.8 Å². The van der Waals surface area contributed by atoms with Crippen molar-refractivity contribution in [2.45, 2.75) is 60.6 Å². The summed E-state index contributed by atoms with van der Waals surface area (Å²) in [5.41, 5.74) is -1.41. The number of nitrogens with one attached hydrogen (secondary N) is 1. The molecule has 4 heteroatoms. The van der Waals surface area contributed by atoms with Crippen LogP contribution in [-0.4, -0.2) is 24.9 Å². The van der Waals surface area contributed by atoms with Gasteiger partial charge < -0.3 is 10.1 Å². The fraction of sp³-hybridized carbons (Fsp3) is 0.917. The summed E-state index contributed by atoms with van der Waals surface area (Å²) in [5, 5.41) is 2.41. The number of rotatable bonds is 4. The van der Waals surface area contributed by atoms with E-state index in [0.717, 1.165) is 0 Å². The summed E-state index contributed by atoms with van der Waals surface area (Å²) in [6.45, 7) is 13.2. The molecule has 0 aliphatic carbocycles. The van der Waals surface area contributed by atoms with Crippen molar-refractivity contribution in [2.75, 3.05) is 13.2 Å². The van der Waals surface area contributed by atoms with Crippen LogP contribution in [0.15, 0.2) is 0 Å². The summed E-state index contributed by atoms with van der Waals surface area (Å²) in [6, 6.07) is 0. The maximum Gasteiger partial charge on any atom is 0.407 e. The Morgan fingerprint density at radius 2 is 1.69 bits per heavy atom. The molecule has 1 atom stereocenters. The van der Waals surface area contributed by atoms with Crippen molar-refractivity contribution >= 4 is 6.09 Å². The van der Waals surface area contributed by atoms with Gasteiger partial charge in [-0.1, -0.05) is 34.6 Å². The van der Waals surface area contributed by atoms with Crippen LogP contribution >= 0.6 is 0 Å². The molecule has 1 N–H and O–H groups in total. The molecular formula is C12H28FNO2. The molecular weight excluding hydrogens is 209 g/mol. The molecule has 0 radical (unpaired) electrons. The van der Waals surface area contributed by atoms with E-state index in [1.165, 1.54) is 6.92 Å². The molecule has 0 saturated heterocycles. The Kier molecular flexibility index (Phi) is 18.3. The van der Waals surface area contributed by atoms with Gasteiger partial charge in [0.2, 0.25) is 0 Å². The van der Waals surface area contributed by atoms with Gasteiger partial charge in [0.25, 0.3) is 0 Å². The van der Waals surface area contributed by atoms with Crippen LogP contribution in [0.25, 0.3) is 0 Å². The summed E-state index contributed by atoms with van der Waals surface area (Å²) < 4.78 is 17.7. The first kappa shape index (κ1) is 20.6. The Hall–Kier alpha value is -0.800. The van der Waals surface area contributed by atoms with E-state index in [-0.39, 0.29) is 6.61 Å². The quantitative estimate of drug-likeness (QED) is 0.804. The number of carbonyl (C=O) groups is 1. The van der Waals surface area contributed by atoms with E-state index >= 15 is 0 Å². The third-order valence-electron chi connectivity index (χ3n) is 1.56. The first-order chi connectivity index (χ1) is 7.52. The van der Waals surface area contributed by atoms with Crippen LogP contribution in [0.4, 0.5) is 9.18 Å². The van der Waals surface area contributed by atoms with Gasteiger partial charge in [0.15, 0.2) is 0 Å². The molecule has 1 amide bonds. The van der Waals surface area contributed by atoms with Gasteiger partial charge in [-0.05, 0) is 20.3 Å². The van der Waals surface area contributed by atoms with Crippen LogP contribution in [0.3, 0.4) is 0 Å². The first-order valence-corrected chi connectivity index (χ1v) is 6.11. The van der Waals surface area contributed by atoms with Crippen LogP contribution in [-0.2, 0) is 4.74 Å². The summed E-state index contributed by atoms with van der Waals surface area (Å²) in [6.07, 6.45) is -0.221. The highest BCUT2D eigenvalue weighted by Crippen LogP contribution is 2.14. The molecule has 0 spiro atoms. The lowest BCUT2D eigenvalue weighted by molar-refractivity contribution is 0.0582. The van der Waals surface area contributed by atoms with Crippen molar-refractivity contribution < 1.29 is 13.9 Å². The zero-order valence-electron chi connectivity index (χ0n) is 11.8. The van der Waals surface area contributed by atoms with Crippen molar-refractivity contribution in [1.82, 2.24) is 5.32 Å². The SMILES string of the molecule is CC.CC.CCNC(=O)OCC(C)(F)CC. The Morgan fingerprint density at radius 1 is 1.25 bits per heavy atom. The molecule has 0 aromatic heterocycles. The van der Waals surface area contributed by atoms with Gasteiger partial charge in [-0.25, -0.2) is 9.18 Å². The highest BCUT2D eigenvalue weighted by Gasteiger charge is 2.22. The fourth-order valence-corrected chi connectivity index (χ4v) is 0.513. The zero-order chi connectivity index (χ0) is 13.6. The van der Waals surface area contributed by atoms with Crippen molar-refractivity contribution in [3.8, 4) is 0 Å². The standard InChI is InChI=1S/C8H16FNO2.2C2H6/c1-4-8(3,9)6-12-7(11)10-5-2;2*1-2/h4-6H2,1-3H3,(H,10,11);2*1-2H3. The van der Waals surface area contributed by atoms with Crippen molar-refractivity contribution in [3.05, 3.63) is 0 Å². The fourth-order valence-electron chi connectivity index (χ4n) is 0.513. The number of ether oxygens (including phenoxy) is 1. The third-order valence-corrected chi connectivity index (χ3v) is 1.56. The molecule has 0 aliphatic rings. The highest BCUT2D eigenvalue weighted by atomic mass is 19.1. The predicted molar refractivity (Wildman–Crippen MR) is 67.5 cm³/mol. The number of hydrogen-bond donors (Lipinski definition) is 1. The number of alkyl carbamates (subject to hydrolysis) is 1. The largest absolute Gasteiger partial charge is 0.446 e. The van der Waals surface area contributed by atoms with Crippen LogP contribution in [0.2, 0.25) is 0 Å². The molecule has 0 rings (SSSR count). The lowest BCUT2D eigenvalue weighted by Crippen LogP contribution is -2.31. The second-order valence-electron chi connectivity index (χ2n) is 2.87. The van der Waals surface area contributed by atoms with E-state index in [9.17, 15) is 9.18 Å². The Morgan fingerprint density at radius 3 is 2.00 bits per heavy atom. The average Bonchev–Trinajstić information content (AvgIpc) is 2.32. The Balaban J connectivity index is -0.000000376. The maximum absolute atomic E-state index is 13.1. The second kappa shape index (κ2) is 14.2. The monoisotopic (exact) mass is 237 g/mol. The Labute approximate surface area is 99.8 Å². The topological polar surface area (TPSA) is 38.3 Å². The summed E-state index contributed by atoms with van der Waals surface area (Å²) >= 11 is 0. The third kappa shape index (κ3) is 15.7. The van der Waals surface area contributed by atoms with Crippen LogP contribution < -0.4 is 5.32 Å². The van der Waals surface area contributed by atoms with Gasteiger partial charge >= 0.3 is 6.09 Å². The number of amides is 1. The van der Waals surface area contributed by atoms with Gasteiger partial charge in [0.1, 0.15) is 12.3 Å². The minimum absolute atomic E-state index is 0.185. The molecule has 0 aliphatic heterocycles. The van der Waals surface area contributed by atoms with Gasteiger partial charge in [-0.2, -0.15) is 0 Å². The molecule has 0 saturated carbocycles. The minimum Gasteiger partial charge on any atom is -0.446 e. The van der Waals surface area contributed by atoms with E-state index in [1.807, 2.05) is 27.7 Å². The van der Waals surface area contributed by atoms with Gasteiger partial charge in [-0.3, -0.25) is 0 Å². The molecule has 0 aromatic carbocycles. The van der Waals surface area contributed by atoms with E-state index in [0.29, 0.717) is 13.0 Å². The molecule has 1 unspecified atom stereocenters. The normalized spacial score (nSPS) is 12.0. The van der Waals surface area contributed by atoms with Crippen molar-refractivity contribution in [2.24, 2.45) is 0 Å². The Bertz CT molecular complexity index is 150. The molecule has 3 nitrogen and oxygen atoms in total. The van der Waals surface area contributed by atoms with Crippen LogP contribution in [0.5, 0.6) is 0 Å². The number of carbonyl (C=O) groups excluding carboxylic acids is 1. The van der Waals surface area contributed by atoms with Crippen molar-refractivity contribution in [3.63, 3.8) is 0 Å². The lowest BCUT2D eigenvalue weighted by atomic mass is 10.1. The van der Waals surface area contributed by atoms with Crippen molar-refractivity contribution in [1.29, 1.82) is 0 Å². The average molecular weight is 237 g/mol. The van der Waals surface area contributed by atoms with Gasteiger partial charge in [0, 0.05) is 6.54 Å². The predicted octanol–water partition coefficient (Wildman–Crippen LogP) is 3.92. The molecule has 0 bridgehead atoms. The van der Waals surface area contributed by atoms with E-state index in [1.54, 1.807) is 13.8 Å². The highest BCUT2D eigenvalue weighted by molar-refractivity contribution is 5.67. The summed E-state index contributed by atoms with van der Waals surface area (Å²) in [4.78, 5) is 10.7. The number of alkyl halides is 1. The first-order valence-electron chi connectivity index (χ1n) is 6.11. The summed E-state index contributed by atoms with van der Waals surface area (Å²) in [5.74, 6) is 0. The summed E-state index contributed by atoms with van der Waals surface area (Å²) in [7, 11) is 0. The zero-order valence-corrected chi connectivity index (χ0v) is 11.8. The lowest BCUT2D eigenvalue weighted by Gasteiger charge is -2.17. The molecule has 0 fully saturated rings. The molecule has 100 valence electrons. The second-order valence-corrected chi connectivity index (χ2v) is 2.87. The van der Waals surface area contributed by atoms with Crippen LogP contribution in [0.1, 0.15) is 54.9 Å². The molecule has 0 aromatic rings. The van der Waals surface area contributed by atoms with Crippen LogP contribution in [0, 0.1) is 0 Å². The number of halogens is 1. The molecule has 16 heavy (non-hydrogen) atoms. The maximum atomic E-state index is 13.1. The number of hydrogen-bond acceptors (Lipinski definition) is 2. The molecule has 0 heterocycles. The van der Waals surface area contributed by atoms with Gasteiger partial charge in [-0.15, -0.1) is 0 Å². The van der Waals surface area contributed by atoms with Gasteiger partial charge in [0.05, 0.1) is 0 Å². The van der Waals surface area contributed by atoms with E-state index in [2.05, 4.69) is 10.1 Å². The van der Waals surface area contributed by atoms with E-state index in [4.69, 9.17) is 0 Å². The smallest absolute Gasteiger partial charge is 0.407 e. The minimum atomic E-state index is -1.41.